The molecule has 20 heavy (non-hydrogen) atoms. The lowest BCUT2D eigenvalue weighted by Crippen LogP contribution is -2.45. The molecule has 1 aromatic carbocycles. The van der Waals surface area contributed by atoms with Crippen molar-refractivity contribution in [2.75, 3.05) is 38.1 Å². The monoisotopic (exact) mass is 279 g/mol. The molecule has 6 heteroatoms. The number of nitrogens with zero attached hydrogens (tertiary/aromatic N) is 2. The van der Waals surface area contributed by atoms with Crippen molar-refractivity contribution in [2.24, 2.45) is 0 Å². The molecule has 1 aliphatic heterocycles. The lowest BCUT2D eigenvalue weighted by Gasteiger charge is -2.32. The van der Waals surface area contributed by atoms with Crippen LogP contribution >= 0.6 is 0 Å². The highest BCUT2D eigenvalue weighted by atomic mass is 16.6. The molecule has 0 amide bonds. The first-order valence-electron chi connectivity index (χ1n) is 6.93. The Morgan fingerprint density at radius 3 is 3.05 bits per heavy atom. The minimum Gasteiger partial charge on any atom is -0.382 e. The van der Waals surface area contributed by atoms with Crippen molar-refractivity contribution in [1.29, 1.82) is 0 Å². The zero-order valence-electron chi connectivity index (χ0n) is 12.0. The second-order valence-corrected chi connectivity index (χ2v) is 5.03. The average Bonchev–Trinajstić information content (AvgIpc) is 2.46. The summed E-state index contributed by atoms with van der Waals surface area (Å²) in [5.41, 5.74) is 1.58. The van der Waals surface area contributed by atoms with E-state index >= 15 is 0 Å². The van der Waals surface area contributed by atoms with Crippen LogP contribution in [0.5, 0.6) is 0 Å². The summed E-state index contributed by atoms with van der Waals surface area (Å²) >= 11 is 0. The van der Waals surface area contributed by atoms with Gasteiger partial charge in [0.1, 0.15) is 0 Å². The van der Waals surface area contributed by atoms with Gasteiger partial charge in [-0.2, -0.15) is 0 Å². The van der Waals surface area contributed by atoms with Gasteiger partial charge in [0.25, 0.3) is 5.69 Å². The smallest absolute Gasteiger partial charge is 0.274 e. The Morgan fingerprint density at radius 2 is 2.35 bits per heavy atom. The molecule has 1 N–H and O–H groups in total. The van der Waals surface area contributed by atoms with Crippen LogP contribution in [0.4, 0.5) is 11.4 Å². The number of morpholine rings is 1. The fourth-order valence-electron chi connectivity index (χ4n) is 2.34. The fourth-order valence-corrected chi connectivity index (χ4v) is 2.34. The van der Waals surface area contributed by atoms with Gasteiger partial charge >= 0.3 is 0 Å². The Kier molecular flexibility index (Phi) is 4.92. The van der Waals surface area contributed by atoms with Crippen molar-refractivity contribution < 1.29 is 9.66 Å². The summed E-state index contributed by atoms with van der Waals surface area (Å²) in [7, 11) is 0. The molecule has 1 heterocycles. The molecule has 1 aromatic rings. The normalized spacial score (nSPS) is 19.8. The molecular formula is C14H21N3O3. The van der Waals surface area contributed by atoms with E-state index in [9.17, 15) is 10.1 Å². The van der Waals surface area contributed by atoms with E-state index in [2.05, 4.69) is 17.1 Å². The van der Waals surface area contributed by atoms with Crippen LogP contribution in [0.15, 0.2) is 18.2 Å². The summed E-state index contributed by atoms with van der Waals surface area (Å²) in [5.74, 6) is 0. The number of hydrogen-bond acceptors (Lipinski definition) is 5. The van der Waals surface area contributed by atoms with Crippen molar-refractivity contribution in [3.05, 3.63) is 33.9 Å². The molecule has 1 unspecified atom stereocenters. The van der Waals surface area contributed by atoms with Gasteiger partial charge in [-0.25, -0.2) is 0 Å². The van der Waals surface area contributed by atoms with E-state index in [-0.39, 0.29) is 16.7 Å². The number of benzene rings is 1. The van der Waals surface area contributed by atoms with Gasteiger partial charge in [0.15, 0.2) is 0 Å². The largest absolute Gasteiger partial charge is 0.382 e. The number of nitro benzene ring substituents is 1. The van der Waals surface area contributed by atoms with Gasteiger partial charge in [-0.05, 0) is 19.5 Å². The maximum atomic E-state index is 10.9. The number of rotatable bonds is 5. The molecule has 6 nitrogen and oxygen atoms in total. The minimum absolute atomic E-state index is 0.129. The number of nitrogens with one attached hydrogen (secondary N) is 1. The van der Waals surface area contributed by atoms with Crippen LogP contribution in [0.1, 0.15) is 12.5 Å². The molecule has 1 atom stereocenters. The lowest BCUT2D eigenvalue weighted by atomic mass is 10.2. The molecule has 0 spiro atoms. The number of ether oxygens (including phenoxy) is 1. The molecule has 2 rings (SSSR count). The number of nitro groups is 1. The first-order valence-corrected chi connectivity index (χ1v) is 6.93. The molecule has 1 saturated heterocycles. The van der Waals surface area contributed by atoms with E-state index in [0.717, 1.165) is 31.9 Å². The van der Waals surface area contributed by atoms with Crippen molar-refractivity contribution >= 4 is 11.4 Å². The third kappa shape index (κ3) is 3.68. The lowest BCUT2D eigenvalue weighted by molar-refractivity contribution is -0.385. The highest BCUT2D eigenvalue weighted by Gasteiger charge is 2.19. The van der Waals surface area contributed by atoms with Crippen molar-refractivity contribution in [2.45, 2.75) is 20.0 Å². The highest BCUT2D eigenvalue weighted by molar-refractivity contribution is 5.54. The van der Waals surface area contributed by atoms with E-state index in [1.807, 2.05) is 6.07 Å². The van der Waals surface area contributed by atoms with Crippen LogP contribution in [0.25, 0.3) is 0 Å². The van der Waals surface area contributed by atoms with Crippen LogP contribution in [-0.2, 0) is 4.74 Å². The summed E-state index contributed by atoms with van der Waals surface area (Å²) in [6.07, 6.45) is 0.129. The molecule has 1 aliphatic rings. The molecule has 1 fully saturated rings. The van der Waals surface area contributed by atoms with Crippen LogP contribution in [0.2, 0.25) is 0 Å². The van der Waals surface area contributed by atoms with Crippen molar-refractivity contribution in [3.63, 3.8) is 0 Å². The van der Waals surface area contributed by atoms with Crippen molar-refractivity contribution in [1.82, 2.24) is 4.90 Å². The average molecular weight is 279 g/mol. The summed E-state index contributed by atoms with van der Waals surface area (Å²) in [4.78, 5) is 12.9. The second kappa shape index (κ2) is 6.67. The van der Waals surface area contributed by atoms with Crippen LogP contribution in [0.3, 0.4) is 0 Å². The van der Waals surface area contributed by atoms with Crippen LogP contribution in [-0.4, -0.2) is 48.7 Å². The van der Waals surface area contributed by atoms with Gasteiger partial charge in [0.05, 0.1) is 17.6 Å². The predicted octanol–water partition coefficient (Wildman–Crippen LogP) is 2.04. The fraction of sp³-hybridized carbons (Fsp3) is 0.571. The standard InChI is InChI=1S/C14H21N3O3/c1-3-16-6-7-20-13(10-16)9-15-12-5-4-11(2)14(8-12)17(18)19/h4-5,8,13,15H,3,6-7,9-10H2,1-2H3. The second-order valence-electron chi connectivity index (χ2n) is 5.03. The molecule has 0 bridgehead atoms. The van der Waals surface area contributed by atoms with Crippen molar-refractivity contribution in [3.8, 4) is 0 Å². The Morgan fingerprint density at radius 1 is 1.55 bits per heavy atom. The Balaban J connectivity index is 1.93. The summed E-state index contributed by atoms with van der Waals surface area (Å²) in [6.45, 7) is 8.19. The molecule has 110 valence electrons. The number of hydrogen-bond donors (Lipinski definition) is 1. The van der Waals surface area contributed by atoms with Gasteiger partial charge < -0.3 is 10.1 Å². The molecule has 0 saturated carbocycles. The topological polar surface area (TPSA) is 67.6 Å². The summed E-state index contributed by atoms with van der Waals surface area (Å²) in [6, 6.07) is 5.21. The maximum Gasteiger partial charge on any atom is 0.274 e. The van der Waals surface area contributed by atoms with E-state index in [4.69, 9.17) is 4.74 Å². The zero-order chi connectivity index (χ0) is 14.5. The molecule has 0 aliphatic carbocycles. The quantitative estimate of drug-likeness (QED) is 0.660. The molecule has 0 aromatic heterocycles. The van der Waals surface area contributed by atoms with Gasteiger partial charge in [-0.15, -0.1) is 0 Å². The van der Waals surface area contributed by atoms with E-state index in [1.54, 1.807) is 19.1 Å². The zero-order valence-corrected chi connectivity index (χ0v) is 12.0. The molecular weight excluding hydrogens is 258 g/mol. The Bertz CT molecular complexity index is 479. The summed E-state index contributed by atoms with van der Waals surface area (Å²) < 4.78 is 5.70. The summed E-state index contributed by atoms with van der Waals surface area (Å²) in [5, 5.41) is 14.1. The number of anilines is 1. The van der Waals surface area contributed by atoms with Gasteiger partial charge in [-0.1, -0.05) is 13.0 Å². The van der Waals surface area contributed by atoms with Crippen LogP contribution in [0, 0.1) is 17.0 Å². The minimum atomic E-state index is -0.351. The van der Waals surface area contributed by atoms with Gasteiger partial charge in [0.2, 0.25) is 0 Å². The molecule has 0 radical (unpaired) electrons. The SMILES string of the molecule is CCN1CCOC(CNc2ccc(C)c([N+](=O)[O-])c2)C1. The number of likely N-dealkylation sites (N-methyl/N-ethyl adjacent to an activating group) is 1. The van der Waals surface area contributed by atoms with E-state index < -0.39 is 0 Å². The third-order valence-electron chi connectivity index (χ3n) is 3.61. The Hall–Kier alpha value is -1.66. The third-order valence-corrected chi connectivity index (χ3v) is 3.61. The van der Waals surface area contributed by atoms with E-state index in [0.29, 0.717) is 12.1 Å². The Labute approximate surface area is 118 Å². The predicted molar refractivity (Wildman–Crippen MR) is 78.2 cm³/mol. The van der Waals surface area contributed by atoms with Gasteiger partial charge in [-0.3, -0.25) is 15.0 Å². The first kappa shape index (κ1) is 14.7. The van der Waals surface area contributed by atoms with Crippen LogP contribution < -0.4 is 5.32 Å². The number of aryl methyl sites for hydroxylation is 1. The van der Waals surface area contributed by atoms with Gasteiger partial charge in [0, 0.05) is 37.0 Å². The first-order chi connectivity index (χ1) is 9.60. The van der Waals surface area contributed by atoms with E-state index in [1.165, 1.54) is 0 Å². The highest BCUT2D eigenvalue weighted by Crippen LogP contribution is 2.22. The maximum absolute atomic E-state index is 10.9.